The molecular weight excluding hydrogens is 267 g/mol. The lowest BCUT2D eigenvalue weighted by molar-refractivity contribution is 0.705. The molecule has 0 spiro atoms. The van der Waals surface area contributed by atoms with Crippen LogP contribution in [0.5, 0.6) is 0 Å². The number of aromatic nitrogens is 3. The third kappa shape index (κ3) is 3.01. The van der Waals surface area contributed by atoms with Crippen LogP contribution in [0.25, 0.3) is 0 Å². The molecule has 0 atom stereocenters. The Hall–Kier alpha value is -0.960. The molecule has 16 heavy (non-hydrogen) atoms. The van der Waals surface area contributed by atoms with Crippen molar-refractivity contribution in [2.45, 2.75) is 18.6 Å². The summed E-state index contributed by atoms with van der Waals surface area (Å²) >= 11 is 12.5. The number of aryl methyl sites for hydroxylation is 1. The number of nitrogens with zero attached hydrogens (tertiary/aromatic N) is 4. The molecule has 0 saturated heterocycles. The van der Waals surface area contributed by atoms with Crippen molar-refractivity contribution in [1.29, 1.82) is 5.26 Å². The fraction of sp³-hybridized carbons (Fsp3) is 0.222. The second-order valence-electron chi connectivity index (χ2n) is 2.73. The van der Waals surface area contributed by atoms with Gasteiger partial charge in [0.05, 0.1) is 0 Å². The van der Waals surface area contributed by atoms with Gasteiger partial charge in [0.15, 0.2) is 5.16 Å². The summed E-state index contributed by atoms with van der Waals surface area (Å²) < 4.78 is 2.00. The van der Waals surface area contributed by atoms with Gasteiger partial charge in [0.2, 0.25) is 0 Å². The quantitative estimate of drug-likeness (QED) is 0.481. The van der Waals surface area contributed by atoms with Crippen molar-refractivity contribution < 1.29 is 0 Å². The Bertz CT molecular complexity index is 472. The van der Waals surface area contributed by atoms with E-state index in [4.69, 9.17) is 28.5 Å². The van der Waals surface area contributed by atoms with Gasteiger partial charge in [-0.05, 0) is 18.7 Å². The second-order valence-corrected chi connectivity index (χ2v) is 4.69. The highest BCUT2D eigenvalue weighted by molar-refractivity contribution is 8.04. The van der Waals surface area contributed by atoms with E-state index >= 15 is 0 Å². The molecule has 1 heterocycles. The fourth-order valence-corrected chi connectivity index (χ4v) is 2.00. The summed E-state index contributed by atoms with van der Waals surface area (Å²) in [6, 6.07) is 1.76. The molecule has 0 unspecified atom stereocenters. The van der Waals surface area contributed by atoms with Gasteiger partial charge in [0.25, 0.3) is 0 Å². The van der Waals surface area contributed by atoms with Crippen molar-refractivity contribution in [3.05, 3.63) is 27.9 Å². The van der Waals surface area contributed by atoms with E-state index in [9.17, 15) is 0 Å². The van der Waals surface area contributed by atoms with Gasteiger partial charge in [-0.3, -0.25) is 0 Å². The molecule has 0 bridgehead atoms. The van der Waals surface area contributed by atoms with Crippen molar-refractivity contribution in [3.63, 3.8) is 0 Å². The standard InChI is InChI=1S/C9H8Cl2N4S/c1-3-4-15-6(2)13-14-9(15)16-8(11)7(10)5-12/h3H,1,4H2,2H3/b8-7-. The summed E-state index contributed by atoms with van der Waals surface area (Å²) in [5.41, 5.74) is 0. The minimum absolute atomic E-state index is 0.0579. The Morgan fingerprint density at radius 3 is 2.88 bits per heavy atom. The largest absolute Gasteiger partial charge is 0.302 e. The van der Waals surface area contributed by atoms with Crippen LogP contribution in [-0.4, -0.2) is 14.8 Å². The van der Waals surface area contributed by atoms with Crippen LogP contribution >= 0.6 is 35.0 Å². The highest BCUT2D eigenvalue weighted by Crippen LogP contribution is 2.32. The first kappa shape index (κ1) is 13.1. The topological polar surface area (TPSA) is 54.5 Å². The summed E-state index contributed by atoms with van der Waals surface area (Å²) in [7, 11) is 0. The molecule has 0 aliphatic rings. The van der Waals surface area contributed by atoms with E-state index in [1.807, 2.05) is 11.5 Å². The molecule has 4 nitrogen and oxygen atoms in total. The Kier molecular flexibility index (Phi) is 4.87. The van der Waals surface area contributed by atoms with Gasteiger partial charge in [0, 0.05) is 6.54 Å². The number of halogens is 2. The molecule has 1 aromatic rings. The normalized spacial score (nSPS) is 11.9. The number of thioether (sulfide) groups is 1. The highest BCUT2D eigenvalue weighted by atomic mass is 35.5. The zero-order valence-corrected chi connectivity index (χ0v) is 10.8. The molecule has 0 aliphatic heterocycles. The monoisotopic (exact) mass is 274 g/mol. The molecule has 1 rings (SSSR count). The van der Waals surface area contributed by atoms with E-state index in [1.54, 1.807) is 12.1 Å². The predicted octanol–water partition coefficient (Wildman–Crippen LogP) is 3.03. The van der Waals surface area contributed by atoms with E-state index in [2.05, 4.69) is 16.8 Å². The van der Waals surface area contributed by atoms with E-state index in [-0.39, 0.29) is 9.40 Å². The van der Waals surface area contributed by atoms with Gasteiger partial charge in [-0.25, -0.2) is 0 Å². The summed E-state index contributed by atoms with van der Waals surface area (Å²) in [5.74, 6) is 0.750. The summed E-state index contributed by atoms with van der Waals surface area (Å²) in [6.45, 7) is 6.04. The summed E-state index contributed by atoms with van der Waals surface area (Å²) in [6.07, 6.45) is 1.73. The molecule has 0 aliphatic carbocycles. The zero-order chi connectivity index (χ0) is 12.1. The molecule has 84 valence electrons. The maximum atomic E-state index is 8.56. The van der Waals surface area contributed by atoms with Crippen LogP contribution < -0.4 is 0 Å². The molecule has 0 fully saturated rings. The fourth-order valence-electron chi connectivity index (χ4n) is 0.945. The van der Waals surface area contributed by atoms with Gasteiger partial charge < -0.3 is 4.57 Å². The number of hydrogen-bond donors (Lipinski definition) is 0. The van der Waals surface area contributed by atoms with Crippen molar-refractivity contribution in [3.8, 4) is 6.07 Å². The first-order chi connectivity index (χ1) is 7.60. The van der Waals surface area contributed by atoms with Gasteiger partial charge >= 0.3 is 0 Å². The molecule has 7 heteroatoms. The number of nitriles is 1. The van der Waals surface area contributed by atoms with Gasteiger partial charge in [-0.15, -0.1) is 16.8 Å². The van der Waals surface area contributed by atoms with E-state index in [0.717, 1.165) is 17.6 Å². The highest BCUT2D eigenvalue weighted by Gasteiger charge is 2.12. The Morgan fingerprint density at radius 1 is 1.62 bits per heavy atom. The number of hydrogen-bond acceptors (Lipinski definition) is 4. The molecular formula is C9H8Cl2N4S. The lowest BCUT2D eigenvalue weighted by Gasteiger charge is -2.03. The van der Waals surface area contributed by atoms with Gasteiger partial charge in [-0.2, -0.15) is 5.26 Å². The van der Waals surface area contributed by atoms with Crippen molar-refractivity contribution in [1.82, 2.24) is 14.8 Å². The predicted molar refractivity (Wildman–Crippen MR) is 65.2 cm³/mol. The Morgan fingerprint density at radius 2 is 2.31 bits per heavy atom. The summed E-state index contributed by atoms with van der Waals surface area (Å²) in [5, 5.41) is 16.9. The van der Waals surface area contributed by atoms with E-state index < -0.39 is 0 Å². The zero-order valence-electron chi connectivity index (χ0n) is 8.44. The third-order valence-electron chi connectivity index (χ3n) is 1.67. The van der Waals surface area contributed by atoms with Crippen molar-refractivity contribution >= 4 is 35.0 Å². The van der Waals surface area contributed by atoms with Crippen LogP contribution in [0.3, 0.4) is 0 Å². The maximum absolute atomic E-state index is 8.56. The van der Waals surface area contributed by atoms with Crippen LogP contribution in [0.4, 0.5) is 0 Å². The molecule has 0 radical (unpaired) electrons. The van der Waals surface area contributed by atoms with Gasteiger partial charge in [-0.1, -0.05) is 29.3 Å². The molecule has 0 saturated carbocycles. The Balaban J connectivity index is 2.99. The molecule has 1 aromatic heterocycles. The molecule has 0 amide bonds. The summed E-state index contributed by atoms with van der Waals surface area (Å²) in [4.78, 5) is 0. The minimum atomic E-state index is -0.0579. The smallest absolute Gasteiger partial charge is 0.197 e. The van der Waals surface area contributed by atoms with Crippen LogP contribution in [0.1, 0.15) is 5.82 Å². The van der Waals surface area contributed by atoms with Gasteiger partial charge in [0.1, 0.15) is 21.3 Å². The lowest BCUT2D eigenvalue weighted by Crippen LogP contribution is -1.99. The second kappa shape index (κ2) is 5.94. The molecule has 0 aromatic carbocycles. The number of rotatable bonds is 4. The van der Waals surface area contributed by atoms with Crippen LogP contribution in [0, 0.1) is 18.3 Å². The van der Waals surface area contributed by atoms with E-state index in [1.165, 1.54) is 0 Å². The Labute approximate surface area is 108 Å². The van der Waals surface area contributed by atoms with Crippen LogP contribution in [0.15, 0.2) is 27.2 Å². The lowest BCUT2D eigenvalue weighted by atomic mass is 10.6. The average molecular weight is 275 g/mol. The third-order valence-corrected chi connectivity index (χ3v) is 3.44. The first-order valence-electron chi connectivity index (χ1n) is 4.24. The molecule has 0 N–H and O–H groups in total. The van der Waals surface area contributed by atoms with E-state index in [0.29, 0.717) is 11.7 Å². The van der Waals surface area contributed by atoms with Crippen LogP contribution in [0.2, 0.25) is 0 Å². The first-order valence-corrected chi connectivity index (χ1v) is 5.81. The van der Waals surface area contributed by atoms with Crippen molar-refractivity contribution in [2.24, 2.45) is 0 Å². The maximum Gasteiger partial charge on any atom is 0.197 e. The average Bonchev–Trinajstić information content (AvgIpc) is 2.61. The minimum Gasteiger partial charge on any atom is -0.302 e. The van der Waals surface area contributed by atoms with Crippen molar-refractivity contribution in [2.75, 3.05) is 0 Å². The number of allylic oxidation sites excluding steroid dienone is 2. The SMILES string of the molecule is C=CCn1c(C)nnc1S/C(Cl)=C(\Cl)C#N. The van der Waals surface area contributed by atoms with Crippen LogP contribution in [-0.2, 0) is 6.54 Å².